The molecule has 0 unspecified atom stereocenters. The van der Waals surface area contributed by atoms with Crippen molar-refractivity contribution in [2.24, 2.45) is 13.0 Å². The lowest BCUT2D eigenvalue weighted by molar-refractivity contribution is -0.123. The number of hydrogen-bond acceptors (Lipinski definition) is 5. The summed E-state index contributed by atoms with van der Waals surface area (Å²) < 4.78 is 1.84. The third-order valence-electron chi connectivity index (χ3n) is 6.37. The molecular weight excluding hydrogens is 388 g/mol. The number of aromatic nitrogens is 3. The molecule has 2 aliphatic rings. The van der Waals surface area contributed by atoms with Gasteiger partial charge in [-0.05, 0) is 62.1 Å². The third kappa shape index (κ3) is 3.65. The van der Waals surface area contributed by atoms with Gasteiger partial charge < -0.3 is 15.1 Å². The number of amides is 1. The maximum absolute atomic E-state index is 13.7. The van der Waals surface area contributed by atoms with Crippen LogP contribution in [0.4, 0.5) is 23.0 Å². The van der Waals surface area contributed by atoms with Gasteiger partial charge >= 0.3 is 0 Å². The largest absolute Gasteiger partial charge is 0.357 e. The van der Waals surface area contributed by atoms with Crippen LogP contribution < -0.4 is 15.1 Å². The Bertz CT molecular complexity index is 1130. The van der Waals surface area contributed by atoms with Crippen LogP contribution in [0.25, 0.3) is 0 Å². The minimum absolute atomic E-state index is 0.00781. The van der Waals surface area contributed by atoms with E-state index >= 15 is 0 Å². The lowest BCUT2D eigenvalue weighted by atomic mass is 9.94. The van der Waals surface area contributed by atoms with Crippen LogP contribution in [0.2, 0.25) is 0 Å². The van der Waals surface area contributed by atoms with Crippen molar-refractivity contribution >= 4 is 28.9 Å². The number of aryl methyl sites for hydroxylation is 3. The monoisotopic (exact) mass is 416 g/mol. The first-order chi connectivity index (χ1) is 15.0. The molecule has 0 spiro atoms. The number of carbonyl (C=O) groups excluding carboxylic acids is 1. The van der Waals surface area contributed by atoms with E-state index in [0.717, 1.165) is 60.1 Å². The van der Waals surface area contributed by atoms with E-state index in [1.165, 1.54) is 5.56 Å². The topological polar surface area (TPSA) is 66.3 Å². The van der Waals surface area contributed by atoms with Gasteiger partial charge in [0.2, 0.25) is 5.91 Å². The normalized spacial score (nSPS) is 16.4. The van der Waals surface area contributed by atoms with Crippen LogP contribution in [0.1, 0.15) is 29.5 Å². The molecule has 0 saturated carbocycles. The van der Waals surface area contributed by atoms with Crippen LogP contribution in [0.15, 0.2) is 42.7 Å². The van der Waals surface area contributed by atoms with Crippen molar-refractivity contribution in [3.8, 4) is 0 Å². The minimum atomic E-state index is 0.00781. The molecule has 1 amide bonds. The maximum atomic E-state index is 13.7. The average molecular weight is 417 g/mol. The van der Waals surface area contributed by atoms with Gasteiger partial charge in [-0.1, -0.05) is 6.07 Å². The second-order valence-electron chi connectivity index (χ2n) is 8.66. The summed E-state index contributed by atoms with van der Waals surface area (Å²) in [5.74, 6) is 2.15. The van der Waals surface area contributed by atoms with Crippen molar-refractivity contribution in [3.05, 3.63) is 59.4 Å². The maximum Gasteiger partial charge on any atom is 0.230 e. The van der Waals surface area contributed by atoms with Crippen molar-refractivity contribution in [1.82, 2.24) is 14.8 Å². The molecule has 1 saturated heterocycles. The van der Waals surface area contributed by atoms with Crippen LogP contribution in [0.5, 0.6) is 0 Å². The van der Waals surface area contributed by atoms with Crippen molar-refractivity contribution in [1.29, 1.82) is 0 Å². The van der Waals surface area contributed by atoms with E-state index < -0.39 is 0 Å². The van der Waals surface area contributed by atoms with Gasteiger partial charge in [0.25, 0.3) is 0 Å². The first-order valence-corrected chi connectivity index (χ1v) is 10.9. The molecule has 0 atom stereocenters. The zero-order valence-electron chi connectivity index (χ0n) is 18.3. The van der Waals surface area contributed by atoms with Gasteiger partial charge in [0.1, 0.15) is 11.6 Å². The number of benzene rings is 1. The number of rotatable bonds is 2. The number of nitrogens with one attached hydrogen (secondary N) is 1. The molecule has 7 nitrogen and oxygen atoms in total. The van der Waals surface area contributed by atoms with Crippen molar-refractivity contribution in [3.63, 3.8) is 0 Å². The van der Waals surface area contributed by atoms with Crippen LogP contribution in [-0.4, -0.2) is 33.8 Å². The highest BCUT2D eigenvalue weighted by molar-refractivity contribution is 5.99. The highest BCUT2D eigenvalue weighted by Gasteiger charge is 2.33. The van der Waals surface area contributed by atoms with Crippen molar-refractivity contribution < 1.29 is 4.79 Å². The molecular formula is C24H28N6O. The Balaban J connectivity index is 1.39. The predicted molar refractivity (Wildman–Crippen MR) is 123 cm³/mol. The fourth-order valence-electron chi connectivity index (χ4n) is 4.59. The minimum Gasteiger partial charge on any atom is -0.357 e. The number of piperidine rings is 1. The molecule has 0 bridgehead atoms. The zero-order chi connectivity index (χ0) is 21.5. The SMILES string of the molecule is Cc1ccnc(N2CCC(C(=O)N3Cc4cnn(C)c4Nc4cc(C)ccc43)CC2)c1. The molecule has 2 aliphatic heterocycles. The number of fused-ring (bicyclic) bond motifs is 2. The summed E-state index contributed by atoms with van der Waals surface area (Å²) in [5, 5.41) is 7.90. The molecule has 0 radical (unpaired) electrons. The second-order valence-corrected chi connectivity index (χ2v) is 8.66. The molecule has 7 heteroatoms. The molecule has 4 heterocycles. The van der Waals surface area contributed by atoms with Gasteiger partial charge in [-0.25, -0.2) is 4.98 Å². The summed E-state index contributed by atoms with van der Waals surface area (Å²) in [5.41, 5.74) is 5.29. The van der Waals surface area contributed by atoms with Gasteiger partial charge in [-0.3, -0.25) is 9.48 Å². The molecule has 2 aromatic heterocycles. The first kappa shape index (κ1) is 19.6. The molecule has 1 N–H and O–H groups in total. The van der Waals surface area contributed by atoms with Crippen LogP contribution in [-0.2, 0) is 18.4 Å². The zero-order valence-corrected chi connectivity index (χ0v) is 18.3. The van der Waals surface area contributed by atoms with E-state index in [4.69, 9.17) is 0 Å². The Labute approximate surface area is 182 Å². The summed E-state index contributed by atoms with van der Waals surface area (Å²) in [4.78, 5) is 22.5. The number of carbonyl (C=O) groups is 1. The van der Waals surface area contributed by atoms with E-state index in [1.807, 2.05) is 35.1 Å². The van der Waals surface area contributed by atoms with E-state index in [2.05, 4.69) is 58.4 Å². The highest BCUT2D eigenvalue weighted by Crippen LogP contribution is 2.38. The third-order valence-corrected chi connectivity index (χ3v) is 6.37. The Morgan fingerprint density at radius 3 is 2.65 bits per heavy atom. The Hall–Kier alpha value is -3.35. The lowest BCUT2D eigenvalue weighted by Crippen LogP contribution is -2.42. The summed E-state index contributed by atoms with van der Waals surface area (Å²) in [6, 6.07) is 10.4. The number of pyridine rings is 1. The first-order valence-electron chi connectivity index (χ1n) is 10.9. The molecule has 160 valence electrons. The van der Waals surface area contributed by atoms with Gasteiger partial charge in [-0.2, -0.15) is 5.10 Å². The predicted octanol–water partition coefficient (Wildman–Crippen LogP) is 3.94. The molecule has 0 aliphatic carbocycles. The van der Waals surface area contributed by atoms with Gasteiger partial charge in [0.15, 0.2) is 0 Å². The number of nitrogens with zero attached hydrogens (tertiary/aromatic N) is 5. The molecule has 5 rings (SSSR count). The molecule has 1 fully saturated rings. The number of anilines is 4. The highest BCUT2D eigenvalue weighted by atomic mass is 16.2. The second kappa shape index (κ2) is 7.72. The van der Waals surface area contributed by atoms with E-state index in [-0.39, 0.29) is 11.8 Å². The van der Waals surface area contributed by atoms with Gasteiger partial charge in [-0.15, -0.1) is 0 Å². The van der Waals surface area contributed by atoms with E-state index in [0.29, 0.717) is 6.54 Å². The Kier molecular flexibility index (Phi) is 4.88. The fraction of sp³-hybridized carbons (Fsp3) is 0.375. The smallest absolute Gasteiger partial charge is 0.230 e. The molecule has 31 heavy (non-hydrogen) atoms. The lowest BCUT2D eigenvalue weighted by Gasteiger charge is -2.35. The van der Waals surface area contributed by atoms with Crippen molar-refractivity contribution in [2.45, 2.75) is 33.2 Å². The molecule has 3 aromatic rings. The van der Waals surface area contributed by atoms with Crippen LogP contribution in [0.3, 0.4) is 0 Å². The van der Waals surface area contributed by atoms with Gasteiger partial charge in [0.05, 0.1) is 24.1 Å². The van der Waals surface area contributed by atoms with Crippen LogP contribution in [0, 0.1) is 19.8 Å². The summed E-state index contributed by atoms with van der Waals surface area (Å²) >= 11 is 0. The summed E-state index contributed by atoms with van der Waals surface area (Å²) in [7, 11) is 1.92. The van der Waals surface area contributed by atoms with Gasteiger partial charge in [0, 0.05) is 37.8 Å². The molecule has 1 aromatic carbocycles. The number of hydrogen-bond donors (Lipinski definition) is 1. The standard InChI is InChI=1S/C24H28N6O/c1-16-4-5-21-20(12-16)27-23-19(14-26-28(23)3)15-30(21)24(31)18-7-10-29(11-8-18)22-13-17(2)6-9-25-22/h4-6,9,12-14,18,27H,7-8,10-11,15H2,1-3H3. The average Bonchev–Trinajstić information content (AvgIpc) is 3.02. The quantitative estimate of drug-likeness (QED) is 0.685. The van der Waals surface area contributed by atoms with E-state index in [1.54, 1.807) is 0 Å². The summed E-state index contributed by atoms with van der Waals surface area (Å²) in [6.07, 6.45) is 5.38. The van der Waals surface area contributed by atoms with E-state index in [9.17, 15) is 4.79 Å². The summed E-state index contributed by atoms with van der Waals surface area (Å²) in [6.45, 7) is 6.37. The fourth-order valence-corrected chi connectivity index (χ4v) is 4.59. The van der Waals surface area contributed by atoms with Crippen molar-refractivity contribution in [2.75, 3.05) is 28.2 Å². The van der Waals surface area contributed by atoms with Crippen LogP contribution >= 0.6 is 0 Å². The Morgan fingerprint density at radius 1 is 1.10 bits per heavy atom. The Morgan fingerprint density at radius 2 is 1.87 bits per heavy atom.